The van der Waals surface area contributed by atoms with E-state index in [2.05, 4.69) is 37.8 Å². The van der Waals surface area contributed by atoms with Crippen molar-refractivity contribution in [3.05, 3.63) is 21.4 Å². The first-order valence-electron chi connectivity index (χ1n) is 12.5. The van der Waals surface area contributed by atoms with Crippen LogP contribution in [0.2, 0.25) is 5.02 Å². The van der Waals surface area contributed by atoms with E-state index in [0.717, 1.165) is 32.2 Å². The Bertz CT molecular complexity index is 1160. The predicted octanol–water partition coefficient (Wildman–Crippen LogP) is 5.25. The van der Waals surface area contributed by atoms with Gasteiger partial charge in [-0.15, -0.1) is 0 Å². The number of benzene rings is 1. The van der Waals surface area contributed by atoms with Crippen molar-refractivity contribution in [1.29, 1.82) is 0 Å². The summed E-state index contributed by atoms with van der Waals surface area (Å²) in [6, 6.07) is 2.18. The number of hydrogen-bond acceptors (Lipinski definition) is 7. The molecule has 1 aromatic heterocycles. The molecule has 3 aliphatic heterocycles. The highest BCUT2D eigenvalue weighted by Crippen LogP contribution is 2.41. The lowest BCUT2D eigenvalue weighted by molar-refractivity contribution is 0.0209. The first-order chi connectivity index (χ1) is 17.0. The largest absolute Gasteiger partial charge is 0.462 e. The van der Waals surface area contributed by atoms with E-state index in [4.69, 9.17) is 26.1 Å². The Kier molecular flexibility index (Phi) is 6.97. The van der Waals surface area contributed by atoms with E-state index >= 15 is 4.39 Å². The molecule has 11 heteroatoms. The van der Waals surface area contributed by atoms with Gasteiger partial charge in [0.15, 0.2) is 5.82 Å². The number of aromatic nitrogens is 2. The Labute approximate surface area is 224 Å². The minimum absolute atomic E-state index is 0.0219. The topological polar surface area (TPSA) is 71.0 Å². The number of ether oxygens (including phenoxy) is 2. The van der Waals surface area contributed by atoms with Crippen molar-refractivity contribution in [1.82, 2.24) is 19.8 Å². The van der Waals surface area contributed by atoms with Gasteiger partial charge in [0.25, 0.3) is 0 Å². The fourth-order valence-corrected chi connectivity index (χ4v) is 5.98. The minimum atomic E-state index is -0.558. The molecule has 5 rings (SSSR count). The van der Waals surface area contributed by atoms with E-state index in [9.17, 15) is 4.79 Å². The first kappa shape index (κ1) is 25.7. The Morgan fingerprint density at radius 1 is 1.22 bits per heavy atom. The number of amides is 1. The number of rotatable bonds is 4. The SMILES string of the molecule is CN1CCC[C@H]1COc1nc(N2C3CCC2CN(C(=O)OC(C)(C)C)C3)c2cc(Cl)c(Br)c(F)c2n1. The van der Waals surface area contributed by atoms with Crippen LogP contribution in [0.25, 0.3) is 10.9 Å². The zero-order valence-electron chi connectivity index (χ0n) is 21.1. The van der Waals surface area contributed by atoms with Gasteiger partial charge in [0.1, 0.15) is 23.5 Å². The van der Waals surface area contributed by atoms with Crippen molar-refractivity contribution >= 4 is 50.3 Å². The second kappa shape index (κ2) is 9.76. The molecule has 8 nitrogen and oxygen atoms in total. The molecule has 196 valence electrons. The molecular formula is C25H32BrClFN5O3. The van der Waals surface area contributed by atoms with Crippen LogP contribution in [0.1, 0.15) is 46.5 Å². The lowest BCUT2D eigenvalue weighted by Gasteiger charge is -2.42. The molecule has 2 bridgehead atoms. The van der Waals surface area contributed by atoms with Crippen LogP contribution in [0.3, 0.4) is 0 Å². The molecule has 0 N–H and O–H groups in total. The second-order valence-corrected chi connectivity index (χ2v) is 12.2. The van der Waals surface area contributed by atoms with Gasteiger partial charge in [-0.3, -0.25) is 0 Å². The number of piperazine rings is 1. The number of fused-ring (bicyclic) bond motifs is 3. The minimum Gasteiger partial charge on any atom is -0.462 e. The highest BCUT2D eigenvalue weighted by Gasteiger charge is 2.44. The summed E-state index contributed by atoms with van der Waals surface area (Å²) in [4.78, 5) is 28.2. The highest BCUT2D eigenvalue weighted by atomic mass is 79.9. The summed E-state index contributed by atoms with van der Waals surface area (Å²) in [5.74, 6) is 0.0585. The van der Waals surface area contributed by atoms with Gasteiger partial charge in [0.05, 0.1) is 9.50 Å². The standard InChI is InChI=1S/C25H32BrClFN5O3/c1-25(2,3)36-24(34)32-11-14-7-8-15(12-32)33(14)22-17-10-18(27)19(26)20(28)21(17)29-23(30-22)35-13-16-6-5-9-31(16)4/h10,14-16H,5-9,11-13H2,1-4H3/t14?,15?,16-/m0/s1. The number of carbonyl (C=O) groups is 1. The van der Waals surface area contributed by atoms with Gasteiger partial charge < -0.3 is 24.2 Å². The monoisotopic (exact) mass is 583 g/mol. The Morgan fingerprint density at radius 2 is 1.92 bits per heavy atom. The maximum atomic E-state index is 15.4. The first-order valence-corrected chi connectivity index (χ1v) is 13.6. The molecule has 0 saturated carbocycles. The van der Waals surface area contributed by atoms with Gasteiger partial charge in [-0.1, -0.05) is 11.6 Å². The normalized spacial score (nSPS) is 24.6. The molecule has 3 fully saturated rings. The fraction of sp³-hybridized carbons (Fsp3) is 0.640. The molecule has 0 radical (unpaired) electrons. The fourth-order valence-electron chi connectivity index (χ4n) is 5.48. The third-order valence-corrected chi connectivity index (χ3v) is 8.54. The number of anilines is 1. The Morgan fingerprint density at radius 3 is 2.53 bits per heavy atom. The summed E-state index contributed by atoms with van der Waals surface area (Å²) in [6.07, 6.45) is 3.65. The van der Waals surface area contributed by atoms with E-state index in [-0.39, 0.29) is 45.2 Å². The van der Waals surface area contributed by atoms with Crippen molar-refractivity contribution in [2.75, 3.05) is 38.2 Å². The van der Waals surface area contributed by atoms with Gasteiger partial charge in [0, 0.05) is 36.6 Å². The molecule has 2 unspecified atom stereocenters. The molecule has 36 heavy (non-hydrogen) atoms. The van der Waals surface area contributed by atoms with E-state index < -0.39 is 11.4 Å². The van der Waals surface area contributed by atoms with Crippen LogP contribution < -0.4 is 9.64 Å². The average molecular weight is 585 g/mol. The van der Waals surface area contributed by atoms with Crippen LogP contribution >= 0.6 is 27.5 Å². The van der Waals surface area contributed by atoms with Crippen LogP contribution in [0.4, 0.5) is 15.0 Å². The van der Waals surface area contributed by atoms with Crippen LogP contribution in [-0.4, -0.2) is 82.9 Å². The summed E-state index contributed by atoms with van der Waals surface area (Å²) in [7, 11) is 2.08. The quantitative estimate of drug-likeness (QED) is 0.455. The third kappa shape index (κ3) is 4.96. The predicted molar refractivity (Wildman–Crippen MR) is 140 cm³/mol. The van der Waals surface area contributed by atoms with E-state index in [1.165, 1.54) is 0 Å². The van der Waals surface area contributed by atoms with E-state index in [1.54, 1.807) is 11.0 Å². The van der Waals surface area contributed by atoms with Crippen molar-refractivity contribution in [3.8, 4) is 6.01 Å². The Hall–Kier alpha value is -1.91. The van der Waals surface area contributed by atoms with E-state index in [0.29, 0.717) is 30.9 Å². The van der Waals surface area contributed by atoms with Crippen LogP contribution in [0.5, 0.6) is 6.01 Å². The number of nitrogens with zero attached hydrogens (tertiary/aromatic N) is 5. The van der Waals surface area contributed by atoms with Gasteiger partial charge in [-0.2, -0.15) is 9.97 Å². The lowest BCUT2D eigenvalue weighted by Crippen LogP contribution is -2.56. The number of halogens is 3. The molecule has 3 atom stereocenters. The van der Waals surface area contributed by atoms with E-state index in [1.807, 2.05) is 20.8 Å². The summed E-state index contributed by atoms with van der Waals surface area (Å²) in [5.41, 5.74) is -0.391. The number of hydrogen-bond donors (Lipinski definition) is 0. The Balaban J connectivity index is 1.48. The zero-order valence-corrected chi connectivity index (χ0v) is 23.4. The summed E-state index contributed by atoms with van der Waals surface area (Å²) in [6.45, 7) is 8.08. The number of likely N-dealkylation sites (N-methyl/N-ethyl adjacent to an activating group) is 1. The molecule has 2 aromatic rings. The van der Waals surface area contributed by atoms with Gasteiger partial charge in [0.2, 0.25) is 0 Å². The van der Waals surface area contributed by atoms with Crippen molar-refractivity contribution in [2.45, 2.75) is 70.2 Å². The number of likely N-dealkylation sites (tertiary alicyclic amines) is 2. The van der Waals surface area contributed by atoms with Crippen LogP contribution in [-0.2, 0) is 4.74 Å². The van der Waals surface area contributed by atoms with Gasteiger partial charge in [-0.05, 0) is 82.0 Å². The smallest absolute Gasteiger partial charge is 0.410 e. The maximum absolute atomic E-state index is 15.4. The molecular weight excluding hydrogens is 553 g/mol. The van der Waals surface area contributed by atoms with Gasteiger partial charge >= 0.3 is 12.1 Å². The number of carbonyl (C=O) groups excluding carboxylic acids is 1. The van der Waals surface area contributed by atoms with Crippen molar-refractivity contribution in [3.63, 3.8) is 0 Å². The average Bonchev–Trinajstić information content (AvgIpc) is 3.33. The molecule has 3 saturated heterocycles. The zero-order chi connectivity index (χ0) is 25.8. The maximum Gasteiger partial charge on any atom is 0.410 e. The second-order valence-electron chi connectivity index (χ2n) is 11.0. The molecule has 0 spiro atoms. The van der Waals surface area contributed by atoms with Gasteiger partial charge in [-0.25, -0.2) is 9.18 Å². The summed E-state index contributed by atoms with van der Waals surface area (Å²) in [5, 5.41) is 0.791. The molecule has 1 aromatic carbocycles. The van der Waals surface area contributed by atoms with Crippen molar-refractivity contribution in [2.24, 2.45) is 0 Å². The molecule has 3 aliphatic rings. The summed E-state index contributed by atoms with van der Waals surface area (Å²) < 4.78 is 27.2. The van der Waals surface area contributed by atoms with Crippen molar-refractivity contribution < 1.29 is 18.7 Å². The third-order valence-electron chi connectivity index (χ3n) is 7.24. The summed E-state index contributed by atoms with van der Waals surface area (Å²) >= 11 is 9.60. The lowest BCUT2D eigenvalue weighted by atomic mass is 10.1. The molecule has 4 heterocycles. The van der Waals surface area contributed by atoms with Crippen LogP contribution in [0, 0.1) is 5.82 Å². The molecule has 1 amide bonds. The van der Waals surface area contributed by atoms with Crippen LogP contribution in [0.15, 0.2) is 10.5 Å². The highest BCUT2D eigenvalue weighted by molar-refractivity contribution is 9.10. The molecule has 0 aliphatic carbocycles.